The molecule has 0 aliphatic rings. The van der Waals surface area contributed by atoms with Crippen molar-refractivity contribution in [2.45, 2.75) is 0 Å². The van der Waals surface area contributed by atoms with Crippen LogP contribution in [0.2, 0.25) is 0 Å². The van der Waals surface area contributed by atoms with Crippen molar-refractivity contribution in [3.05, 3.63) is 54.6 Å². The predicted octanol–water partition coefficient (Wildman–Crippen LogP) is 4.78. The molecule has 0 aliphatic carbocycles. The Labute approximate surface area is 117 Å². The van der Waals surface area contributed by atoms with Crippen LogP contribution in [0.4, 0.5) is 8.78 Å². The Bertz CT molecular complexity index is 576. The lowest BCUT2D eigenvalue weighted by Crippen LogP contribution is -2.03. The zero-order valence-corrected chi connectivity index (χ0v) is 12.1. The van der Waals surface area contributed by atoms with E-state index in [1.165, 1.54) is 12.1 Å². The van der Waals surface area contributed by atoms with Crippen molar-refractivity contribution in [1.29, 1.82) is 0 Å². The highest BCUT2D eigenvalue weighted by atomic mass is 79.9. The van der Waals surface area contributed by atoms with E-state index in [0.717, 1.165) is 21.2 Å². The molecule has 6 heteroatoms. The Kier molecular flexibility index (Phi) is 3.75. The van der Waals surface area contributed by atoms with Gasteiger partial charge in [0.2, 0.25) is 5.78 Å². The number of carbonyl (C=O) groups excluding carboxylic acids is 1. The molecule has 2 aromatic rings. The monoisotopic (exact) mass is 380 g/mol. The first-order valence-corrected chi connectivity index (χ1v) is 6.84. The third-order valence-corrected chi connectivity index (χ3v) is 5.32. The van der Waals surface area contributed by atoms with Crippen molar-refractivity contribution >= 4 is 49.0 Å². The van der Waals surface area contributed by atoms with Crippen LogP contribution in [0.25, 0.3) is 0 Å². The zero-order valence-electron chi connectivity index (χ0n) is 8.14. The Morgan fingerprint density at radius 1 is 1.24 bits per heavy atom. The third-order valence-electron chi connectivity index (χ3n) is 2.07. The van der Waals surface area contributed by atoms with Crippen molar-refractivity contribution in [2.24, 2.45) is 0 Å². The molecule has 1 aromatic heterocycles. The maximum Gasteiger partial charge on any atom is 0.206 e. The van der Waals surface area contributed by atoms with Crippen molar-refractivity contribution in [2.75, 3.05) is 0 Å². The molecule has 0 fully saturated rings. The van der Waals surface area contributed by atoms with Gasteiger partial charge in [-0.1, -0.05) is 6.07 Å². The van der Waals surface area contributed by atoms with Gasteiger partial charge in [0.15, 0.2) is 11.6 Å². The van der Waals surface area contributed by atoms with Gasteiger partial charge in [0.25, 0.3) is 0 Å². The summed E-state index contributed by atoms with van der Waals surface area (Å²) in [6.07, 6.45) is 0. The predicted molar refractivity (Wildman–Crippen MR) is 69.5 cm³/mol. The van der Waals surface area contributed by atoms with E-state index in [1.807, 2.05) is 0 Å². The smallest absolute Gasteiger partial charge is 0.206 e. The molecule has 0 spiro atoms. The van der Waals surface area contributed by atoms with Crippen molar-refractivity contribution in [1.82, 2.24) is 0 Å². The van der Waals surface area contributed by atoms with Gasteiger partial charge in [0.05, 0.1) is 14.2 Å². The molecule has 17 heavy (non-hydrogen) atoms. The van der Waals surface area contributed by atoms with Crippen LogP contribution < -0.4 is 0 Å². The lowest BCUT2D eigenvalue weighted by Gasteiger charge is -2.00. The van der Waals surface area contributed by atoms with E-state index >= 15 is 0 Å². The first-order valence-electron chi connectivity index (χ1n) is 4.44. The van der Waals surface area contributed by atoms with Crippen LogP contribution >= 0.6 is 43.2 Å². The number of carbonyl (C=O) groups is 1. The van der Waals surface area contributed by atoms with Crippen LogP contribution in [0.5, 0.6) is 0 Å². The van der Waals surface area contributed by atoms with Crippen LogP contribution in [-0.2, 0) is 0 Å². The minimum atomic E-state index is -1.11. The first kappa shape index (κ1) is 12.9. The minimum absolute atomic E-state index is 0.258. The van der Waals surface area contributed by atoms with E-state index in [1.54, 1.807) is 6.07 Å². The molecule has 0 saturated heterocycles. The molecule has 88 valence electrons. The quantitative estimate of drug-likeness (QED) is 0.684. The standard InChI is InChI=1S/C11H4Br2F2OS/c12-6-4-8(17-11(6)13)10(16)5-2-1-3-7(14)9(5)15/h1-4H. The molecule has 0 N–H and O–H groups in total. The van der Waals surface area contributed by atoms with Gasteiger partial charge in [-0.15, -0.1) is 11.3 Å². The second-order valence-corrected chi connectivity index (χ2v) is 6.39. The maximum absolute atomic E-state index is 13.4. The van der Waals surface area contributed by atoms with E-state index in [0.29, 0.717) is 9.35 Å². The second kappa shape index (κ2) is 4.96. The normalized spacial score (nSPS) is 10.6. The van der Waals surface area contributed by atoms with Crippen LogP contribution in [0.15, 0.2) is 32.5 Å². The topological polar surface area (TPSA) is 17.1 Å². The highest BCUT2D eigenvalue weighted by molar-refractivity contribution is 9.13. The summed E-state index contributed by atoms with van der Waals surface area (Å²) in [7, 11) is 0. The molecule has 0 bridgehead atoms. The number of thiophene rings is 1. The van der Waals surface area contributed by atoms with Gasteiger partial charge in [-0.25, -0.2) is 8.78 Å². The lowest BCUT2D eigenvalue weighted by atomic mass is 10.1. The summed E-state index contributed by atoms with van der Waals surface area (Å²) in [6.45, 7) is 0. The summed E-state index contributed by atoms with van der Waals surface area (Å²) in [4.78, 5) is 12.3. The molecule has 1 nitrogen and oxygen atoms in total. The maximum atomic E-state index is 13.4. The molecule has 0 saturated carbocycles. The van der Waals surface area contributed by atoms with Gasteiger partial charge >= 0.3 is 0 Å². The fourth-order valence-electron chi connectivity index (χ4n) is 1.27. The lowest BCUT2D eigenvalue weighted by molar-refractivity contribution is 0.103. The van der Waals surface area contributed by atoms with Crippen LogP contribution in [0.1, 0.15) is 15.2 Å². The molecule has 0 radical (unpaired) electrons. The largest absolute Gasteiger partial charge is 0.288 e. The highest BCUT2D eigenvalue weighted by Gasteiger charge is 2.19. The first-order chi connectivity index (χ1) is 8.00. The Balaban J connectivity index is 2.47. The Morgan fingerprint density at radius 2 is 1.94 bits per heavy atom. The van der Waals surface area contributed by atoms with Crippen LogP contribution in [-0.4, -0.2) is 5.78 Å². The average molecular weight is 382 g/mol. The van der Waals surface area contributed by atoms with Gasteiger partial charge in [-0.3, -0.25) is 4.79 Å². The molecular weight excluding hydrogens is 378 g/mol. The molecule has 1 aromatic carbocycles. The summed E-state index contributed by atoms with van der Waals surface area (Å²) in [6, 6.07) is 5.12. The SMILES string of the molecule is O=C(c1cc(Br)c(Br)s1)c1cccc(F)c1F. The fourth-order valence-corrected chi connectivity index (χ4v) is 3.26. The zero-order chi connectivity index (χ0) is 12.6. The summed E-state index contributed by atoms with van der Waals surface area (Å²) in [5.74, 6) is -2.66. The van der Waals surface area contributed by atoms with Crippen molar-refractivity contribution in [3.63, 3.8) is 0 Å². The molecule has 2 rings (SSSR count). The molecule has 0 amide bonds. The third kappa shape index (κ3) is 2.48. The van der Waals surface area contributed by atoms with Gasteiger partial charge < -0.3 is 0 Å². The van der Waals surface area contributed by atoms with Crippen LogP contribution in [0, 0.1) is 11.6 Å². The summed E-state index contributed by atoms with van der Waals surface area (Å²) in [5, 5.41) is 0. The van der Waals surface area contributed by atoms with E-state index in [9.17, 15) is 13.6 Å². The Morgan fingerprint density at radius 3 is 2.53 bits per heavy atom. The van der Waals surface area contributed by atoms with E-state index in [4.69, 9.17) is 0 Å². The summed E-state index contributed by atoms with van der Waals surface area (Å²) < 4.78 is 27.9. The van der Waals surface area contributed by atoms with Crippen molar-refractivity contribution in [3.8, 4) is 0 Å². The molecule has 0 unspecified atom stereocenters. The molecule has 1 heterocycles. The number of hydrogen-bond donors (Lipinski definition) is 0. The molecule has 0 atom stereocenters. The summed E-state index contributed by atoms with van der Waals surface area (Å²) >= 11 is 7.64. The van der Waals surface area contributed by atoms with Crippen LogP contribution in [0.3, 0.4) is 0 Å². The number of halogens is 4. The second-order valence-electron chi connectivity index (χ2n) is 3.16. The average Bonchev–Trinajstić information content (AvgIpc) is 2.62. The van der Waals surface area contributed by atoms with E-state index in [2.05, 4.69) is 31.9 Å². The number of benzene rings is 1. The molecular formula is C11H4Br2F2OS. The van der Waals surface area contributed by atoms with E-state index in [-0.39, 0.29) is 5.56 Å². The number of ketones is 1. The van der Waals surface area contributed by atoms with Gasteiger partial charge in [-0.2, -0.15) is 0 Å². The fraction of sp³-hybridized carbons (Fsp3) is 0. The van der Waals surface area contributed by atoms with Gasteiger partial charge in [-0.05, 0) is 50.1 Å². The minimum Gasteiger partial charge on any atom is -0.288 e. The van der Waals surface area contributed by atoms with E-state index < -0.39 is 17.4 Å². The Hall–Kier alpha value is -0.590. The van der Waals surface area contributed by atoms with Gasteiger partial charge in [0.1, 0.15) is 0 Å². The van der Waals surface area contributed by atoms with Crippen molar-refractivity contribution < 1.29 is 13.6 Å². The number of rotatable bonds is 2. The van der Waals surface area contributed by atoms with Gasteiger partial charge in [0, 0.05) is 4.47 Å². The highest BCUT2D eigenvalue weighted by Crippen LogP contribution is 2.33. The number of hydrogen-bond acceptors (Lipinski definition) is 2. The summed E-state index contributed by atoms with van der Waals surface area (Å²) in [5.41, 5.74) is -0.258. The molecule has 0 aliphatic heterocycles.